The Morgan fingerprint density at radius 1 is 0.818 bits per heavy atom. The molecule has 1 heterocycles. The van der Waals surface area contributed by atoms with Crippen LogP contribution in [0.2, 0.25) is 0 Å². The molecule has 2 rings (SSSR count). The zero-order chi connectivity index (χ0) is 16.2. The lowest BCUT2D eigenvalue weighted by Gasteiger charge is -2.17. The average Bonchev–Trinajstić information content (AvgIpc) is 2.80. The van der Waals surface area contributed by atoms with E-state index in [9.17, 15) is 0 Å². The minimum atomic E-state index is -1.87. The van der Waals surface area contributed by atoms with Crippen LogP contribution in [0.15, 0.2) is 52.1 Å². The Labute approximate surface area is 140 Å². The van der Waals surface area contributed by atoms with Crippen LogP contribution in [0.1, 0.15) is 58.9 Å². The van der Waals surface area contributed by atoms with Gasteiger partial charge in [-0.2, -0.15) is 0 Å². The first-order chi connectivity index (χ1) is 10.6. The summed E-state index contributed by atoms with van der Waals surface area (Å²) in [6.45, 7) is 8.98. The molecule has 1 aliphatic rings. The highest BCUT2D eigenvalue weighted by Gasteiger charge is 2.34. The monoisotopic (exact) mass is 328 g/mol. The summed E-state index contributed by atoms with van der Waals surface area (Å²) in [5.74, 6) is 3.37. The molecule has 0 spiro atoms. The van der Waals surface area contributed by atoms with Gasteiger partial charge in [-0.3, -0.25) is 0 Å². The lowest BCUT2D eigenvalue weighted by Crippen LogP contribution is -1.87. The van der Waals surface area contributed by atoms with Gasteiger partial charge in [-0.15, -0.1) is 0 Å². The van der Waals surface area contributed by atoms with E-state index in [0.29, 0.717) is 0 Å². The van der Waals surface area contributed by atoms with Crippen molar-refractivity contribution in [1.29, 1.82) is 0 Å². The SMILES string of the molecule is CCC1=C(CC)P(=S)(C#Cc2ccccc2)C(CC)=C1CC. The number of hydrogen-bond donors (Lipinski definition) is 0. The van der Waals surface area contributed by atoms with Crippen molar-refractivity contribution in [3.63, 3.8) is 0 Å². The lowest BCUT2D eigenvalue weighted by molar-refractivity contribution is 0.985. The molecule has 1 aliphatic heterocycles. The van der Waals surface area contributed by atoms with E-state index in [2.05, 4.69) is 51.4 Å². The van der Waals surface area contributed by atoms with Crippen LogP contribution in [-0.4, -0.2) is 0 Å². The van der Waals surface area contributed by atoms with Gasteiger partial charge in [0.25, 0.3) is 0 Å². The van der Waals surface area contributed by atoms with Crippen LogP contribution in [-0.2, 0) is 11.8 Å². The zero-order valence-corrected chi connectivity index (χ0v) is 15.8. The first kappa shape index (κ1) is 17.3. The third-order valence-corrected chi connectivity index (χ3v) is 9.05. The first-order valence-electron chi connectivity index (χ1n) is 8.26. The molecule has 0 saturated carbocycles. The van der Waals surface area contributed by atoms with Crippen molar-refractivity contribution in [3.8, 4) is 11.6 Å². The molecule has 0 saturated heterocycles. The minimum Gasteiger partial charge on any atom is -0.0743 e. The van der Waals surface area contributed by atoms with E-state index >= 15 is 0 Å². The summed E-state index contributed by atoms with van der Waals surface area (Å²) in [4.78, 5) is 0. The number of rotatable bonds is 4. The van der Waals surface area contributed by atoms with Crippen LogP contribution in [0.3, 0.4) is 0 Å². The van der Waals surface area contributed by atoms with Crippen LogP contribution in [0, 0.1) is 11.6 Å². The maximum Gasteiger partial charge on any atom is 0.0711 e. The Bertz CT molecular complexity index is 679. The van der Waals surface area contributed by atoms with Gasteiger partial charge in [0.05, 0.1) is 6.04 Å². The molecular weight excluding hydrogens is 303 g/mol. The largest absolute Gasteiger partial charge is 0.0743 e. The quantitative estimate of drug-likeness (QED) is 0.441. The standard InChI is InChI=1S/C20H25PS/c1-5-17-18(6-2)20(8-4)21(22,19(17)7-3)15-14-16-12-10-9-11-13-16/h9-13H,5-8H2,1-4H3. The summed E-state index contributed by atoms with van der Waals surface area (Å²) in [6, 6.07) is 8.36. The van der Waals surface area contributed by atoms with Crippen molar-refractivity contribution in [3.05, 3.63) is 57.7 Å². The predicted octanol–water partition coefficient (Wildman–Crippen LogP) is 6.64. The fourth-order valence-corrected chi connectivity index (χ4v) is 8.09. The van der Waals surface area contributed by atoms with Gasteiger partial charge in [0.15, 0.2) is 0 Å². The van der Waals surface area contributed by atoms with Gasteiger partial charge in [-0.1, -0.05) is 69.3 Å². The van der Waals surface area contributed by atoms with Crippen molar-refractivity contribution in [2.75, 3.05) is 0 Å². The summed E-state index contributed by atoms with van der Waals surface area (Å²) in [7, 11) is 0. The summed E-state index contributed by atoms with van der Waals surface area (Å²) in [6.07, 6.45) is 4.25. The van der Waals surface area contributed by atoms with E-state index in [1.54, 1.807) is 0 Å². The number of allylic oxidation sites excluding steroid dienone is 4. The molecule has 1 aromatic rings. The van der Waals surface area contributed by atoms with Gasteiger partial charge in [-0.05, 0) is 59.6 Å². The molecule has 0 bridgehead atoms. The zero-order valence-electron chi connectivity index (χ0n) is 14.1. The number of hydrogen-bond acceptors (Lipinski definition) is 1. The van der Waals surface area contributed by atoms with E-state index < -0.39 is 6.04 Å². The first-order valence-corrected chi connectivity index (χ1v) is 11.1. The van der Waals surface area contributed by atoms with Crippen LogP contribution in [0.5, 0.6) is 0 Å². The third kappa shape index (κ3) is 3.01. The van der Waals surface area contributed by atoms with E-state index in [0.717, 1.165) is 31.2 Å². The van der Waals surface area contributed by atoms with Crippen LogP contribution in [0.25, 0.3) is 0 Å². The van der Waals surface area contributed by atoms with Crippen molar-refractivity contribution >= 4 is 17.8 Å². The number of benzene rings is 1. The molecule has 0 radical (unpaired) electrons. The molecule has 22 heavy (non-hydrogen) atoms. The molecule has 116 valence electrons. The summed E-state index contributed by atoms with van der Waals surface area (Å²) in [5.41, 5.74) is 7.68. The van der Waals surface area contributed by atoms with E-state index in [4.69, 9.17) is 11.8 Å². The van der Waals surface area contributed by atoms with Gasteiger partial charge < -0.3 is 0 Å². The summed E-state index contributed by atoms with van der Waals surface area (Å²) < 4.78 is 0. The van der Waals surface area contributed by atoms with E-state index in [1.165, 1.54) is 21.8 Å². The van der Waals surface area contributed by atoms with Crippen molar-refractivity contribution < 1.29 is 0 Å². The molecular formula is C20H25PS. The van der Waals surface area contributed by atoms with Crippen LogP contribution in [0.4, 0.5) is 0 Å². The minimum absolute atomic E-state index is 1.04. The van der Waals surface area contributed by atoms with Crippen molar-refractivity contribution in [1.82, 2.24) is 0 Å². The Balaban J connectivity index is 2.60. The maximum absolute atomic E-state index is 6.22. The molecule has 0 nitrogen and oxygen atoms in total. The van der Waals surface area contributed by atoms with Gasteiger partial charge in [0, 0.05) is 5.56 Å². The molecule has 0 atom stereocenters. The Morgan fingerprint density at radius 2 is 1.32 bits per heavy atom. The second kappa shape index (κ2) is 7.45. The molecule has 2 heteroatoms. The van der Waals surface area contributed by atoms with Gasteiger partial charge >= 0.3 is 0 Å². The van der Waals surface area contributed by atoms with E-state index in [1.807, 2.05) is 18.2 Å². The molecule has 0 unspecified atom stereocenters. The maximum atomic E-state index is 6.22. The summed E-state index contributed by atoms with van der Waals surface area (Å²) in [5, 5.41) is 2.95. The molecule has 1 aromatic carbocycles. The average molecular weight is 328 g/mol. The topological polar surface area (TPSA) is 0 Å². The van der Waals surface area contributed by atoms with Gasteiger partial charge in [0.1, 0.15) is 0 Å². The molecule has 0 amide bonds. The molecule has 0 aliphatic carbocycles. The predicted molar refractivity (Wildman–Crippen MR) is 103 cm³/mol. The Kier molecular flexibility index (Phi) is 5.85. The fraction of sp³-hybridized carbons (Fsp3) is 0.400. The molecule has 0 fully saturated rings. The second-order valence-corrected chi connectivity index (χ2v) is 9.64. The van der Waals surface area contributed by atoms with Crippen molar-refractivity contribution in [2.24, 2.45) is 0 Å². The summed E-state index contributed by atoms with van der Waals surface area (Å²) >= 11 is 6.22. The highest BCUT2D eigenvalue weighted by Crippen LogP contribution is 2.70. The van der Waals surface area contributed by atoms with Crippen LogP contribution >= 0.6 is 6.04 Å². The molecule has 0 aromatic heterocycles. The lowest BCUT2D eigenvalue weighted by atomic mass is 9.99. The van der Waals surface area contributed by atoms with Crippen molar-refractivity contribution in [2.45, 2.75) is 53.4 Å². The highest BCUT2D eigenvalue weighted by atomic mass is 32.4. The van der Waals surface area contributed by atoms with Gasteiger partial charge in [0.2, 0.25) is 0 Å². The second-order valence-electron chi connectivity index (χ2n) is 5.48. The Hall–Kier alpha value is -1.09. The fourth-order valence-electron chi connectivity index (χ4n) is 3.40. The van der Waals surface area contributed by atoms with Gasteiger partial charge in [-0.25, -0.2) is 0 Å². The smallest absolute Gasteiger partial charge is 0.0711 e. The van der Waals surface area contributed by atoms with Crippen LogP contribution < -0.4 is 0 Å². The Morgan fingerprint density at radius 3 is 1.73 bits per heavy atom. The third-order valence-electron chi connectivity index (χ3n) is 4.33. The highest BCUT2D eigenvalue weighted by molar-refractivity contribution is 8.21. The normalized spacial score (nSPS) is 16.7. The van der Waals surface area contributed by atoms with E-state index in [-0.39, 0.29) is 0 Å². The molecule has 0 N–H and O–H groups in total.